The van der Waals surface area contributed by atoms with Gasteiger partial charge in [0.05, 0.1) is 18.8 Å². The Labute approximate surface area is 94.4 Å². The summed E-state index contributed by atoms with van der Waals surface area (Å²) >= 11 is 0. The van der Waals surface area contributed by atoms with E-state index >= 15 is 0 Å². The van der Waals surface area contributed by atoms with Crippen LogP contribution in [0.1, 0.15) is 20.3 Å². The Balaban J connectivity index is 2.60. The predicted molar refractivity (Wildman–Crippen MR) is 55.7 cm³/mol. The highest BCUT2D eigenvalue weighted by atomic mass is 16.6. The van der Waals surface area contributed by atoms with Gasteiger partial charge >= 0.3 is 11.9 Å². The lowest BCUT2D eigenvalue weighted by Crippen LogP contribution is -2.32. The maximum Gasteiger partial charge on any atom is 0.331 e. The first-order chi connectivity index (χ1) is 7.49. The molecule has 0 aromatic heterocycles. The number of rotatable bonds is 0. The number of cyclic esters (lactones) is 2. The van der Waals surface area contributed by atoms with Gasteiger partial charge in [0.15, 0.2) is 0 Å². The molecule has 0 aliphatic carbocycles. The fourth-order valence-corrected chi connectivity index (χ4v) is 1.10. The lowest BCUT2D eigenvalue weighted by atomic mass is 10.1. The Bertz CT molecular complexity index is 293. The van der Waals surface area contributed by atoms with Gasteiger partial charge in [-0.1, -0.05) is 0 Å². The predicted octanol–water partition coefficient (Wildman–Crippen LogP) is 0.828. The highest BCUT2D eigenvalue weighted by Crippen LogP contribution is 2.10. The monoisotopic (exact) mass is 228 g/mol. The molecule has 1 aliphatic heterocycles. The van der Waals surface area contributed by atoms with Crippen LogP contribution < -0.4 is 0 Å². The lowest BCUT2D eigenvalue weighted by Gasteiger charge is -2.24. The second-order valence-corrected chi connectivity index (χ2v) is 4.07. The van der Waals surface area contributed by atoms with Crippen LogP contribution in [0, 0.1) is 0 Å². The Morgan fingerprint density at radius 3 is 2.38 bits per heavy atom. The van der Waals surface area contributed by atoms with Crippen molar-refractivity contribution >= 4 is 11.9 Å². The quantitative estimate of drug-likeness (QED) is 0.575. The van der Waals surface area contributed by atoms with Gasteiger partial charge in [-0.3, -0.25) is 0 Å². The first-order valence-corrected chi connectivity index (χ1v) is 5.15. The van der Waals surface area contributed by atoms with E-state index in [4.69, 9.17) is 14.2 Å². The van der Waals surface area contributed by atoms with Gasteiger partial charge in [0.2, 0.25) is 0 Å². The maximum atomic E-state index is 11.2. The Morgan fingerprint density at radius 1 is 1.06 bits per heavy atom. The second kappa shape index (κ2) is 5.65. The maximum absolute atomic E-state index is 11.2. The highest BCUT2D eigenvalue weighted by molar-refractivity contribution is 5.91. The summed E-state index contributed by atoms with van der Waals surface area (Å²) in [4.78, 5) is 22.2. The van der Waals surface area contributed by atoms with E-state index in [2.05, 4.69) is 0 Å². The van der Waals surface area contributed by atoms with Crippen LogP contribution in [0.4, 0.5) is 0 Å². The summed E-state index contributed by atoms with van der Waals surface area (Å²) in [5.74, 6) is -1.12. The minimum absolute atomic E-state index is 0.158. The molecule has 1 aliphatic rings. The van der Waals surface area contributed by atoms with Crippen LogP contribution in [0.5, 0.6) is 0 Å². The van der Waals surface area contributed by atoms with E-state index in [1.807, 2.05) is 13.8 Å². The SMILES string of the molecule is CC1(C)COC(=O)/C=C\C(=O)OCCCO1. The third-order valence-electron chi connectivity index (χ3n) is 1.94. The third kappa shape index (κ3) is 4.93. The van der Waals surface area contributed by atoms with Gasteiger partial charge in [0.1, 0.15) is 6.61 Å². The molecule has 0 bridgehead atoms. The fourth-order valence-electron chi connectivity index (χ4n) is 1.10. The van der Waals surface area contributed by atoms with Crippen molar-refractivity contribution < 1.29 is 23.8 Å². The van der Waals surface area contributed by atoms with Crippen molar-refractivity contribution in [1.82, 2.24) is 0 Å². The number of ether oxygens (including phenoxy) is 3. The van der Waals surface area contributed by atoms with Crippen LogP contribution in [0.3, 0.4) is 0 Å². The van der Waals surface area contributed by atoms with Crippen molar-refractivity contribution in [3.05, 3.63) is 12.2 Å². The summed E-state index contributed by atoms with van der Waals surface area (Å²) in [6, 6.07) is 0. The molecule has 0 radical (unpaired) electrons. The Hall–Kier alpha value is -1.36. The van der Waals surface area contributed by atoms with E-state index in [9.17, 15) is 9.59 Å². The number of hydrogen-bond acceptors (Lipinski definition) is 5. The summed E-state index contributed by atoms with van der Waals surface area (Å²) < 4.78 is 15.2. The zero-order chi connectivity index (χ0) is 12.0. The van der Waals surface area contributed by atoms with Gasteiger partial charge in [0.25, 0.3) is 0 Å². The van der Waals surface area contributed by atoms with Crippen LogP contribution >= 0.6 is 0 Å². The molecular weight excluding hydrogens is 212 g/mol. The third-order valence-corrected chi connectivity index (χ3v) is 1.94. The first kappa shape index (κ1) is 12.7. The molecule has 0 fully saturated rings. The van der Waals surface area contributed by atoms with E-state index in [0.717, 1.165) is 12.2 Å². The van der Waals surface area contributed by atoms with Crippen molar-refractivity contribution in [2.24, 2.45) is 0 Å². The van der Waals surface area contributed by atoms with Crippen molar-refractivity contribution in [3.63, 3.8) is 0 Å². The van der Waals surface area contributed by atoms with E-state index in [0.29, 0.717) is 13.0 Å². The highest BCUT2D eigenvalue weighted by Gasteiger charge is 2.20. The van der Waals surface area contributed by atoms with Crippen molar-refractivity contribution in [1.29, 1.82) is 0 Å². The topological polar surface area (TPSA) is 61.8 Å². The molecule has 1 rings (SSSR count). The minimum Gasteiger partial charge on any atom is -0.462 e. The van der Waals surface area contributed by atoms with E-state index in [1.54, 1.807) is 0 Å². The molecule has 0 N–H and O–H groups in total. The van der Waals surface area contributed by atoms with Gasteiger partial charge < -0.3 is 14.2 Å². The standard InChI is InChI=1S/C11H16O5/c1-11(2)8-15-10(13)5-4-9(12)14-6-3-7-16-11/h4-5H,3,6-8H2,1-2H3/b5-4-. The van der Waals surface area contributed by atoms with Gasteiger partial charge in [-0.25, -0.2) is 9.59 Å². The van der Waals surface area contributed by atoms with Crippen LogP contribution in [0.2, 0.25) is 0 Å². The molecule has 0 saturated carbocycles. The summed E-state index contributed by atoms with van der Waals surface area (Å²) in [7, 11) is 0. The van der Waals surface area contributed by atoms with Crippen molar-refractivity contribution in [2.75, 3.05) is 19.8 Å². The molecule has 0 spiro atoms. The molecule has 90 valence electrons. The van der Waals surface area contributed by atoms with Crippen molar-refractivity contribution in [2.45, 2.75) is 25.9 Å². The molecular formula is C11H16O5. The van der Waals surface area contributed by atoms with Crippen LogP contribution in [0.25, 0.3) is 0 Å². The summed E-state index contributed by atoms with van der Waals surface area (Å²) in [6.45, 7) is 4.57. The zero-order valence-electron chi connectivity index (χ0n) is 9.52. The number of carbonyl (C=O) groups excluding carboxylic acids is 2. The van der Waals surface area contributed by atoms with Crippen LogP contribution in [-0.4, -0.2) is 37.4 Å². The number of esters is 2. The molecule has 5 nitrogen and oxygen atoms in total. The average Bonchev–Trinajstić information content (AvgIpc) is 2.22. The molecule has 0 unspecified atom stereocenters. The summed E-state index contributed by atoms with van der Waals surface area (Å²) in [6.07, 6.45) is 2.74. The van der Waals surface area contributed by atoms with Crippen LogP contribution in [-0.2, 0) is 23.8 Å². The molecule has 0 aromatic rings. The zero-order valence-corrected chi connectivity index (χ0v) is 9.52. The molecule has 0 saturated heterocycles. The van der Waals surface area contributed by atoms with Gasteiger partial charge in [-0.15, -0.1) is 0 Å². The van der Waals surface area contributed by atoms with E-state index in [-0.39, 0.29) is 13.2 Å². The van der Waals surface area contributed by atoms with Gasteiger partial charge in [-0.2, -0.15) is 0 Å². The van der Waals surface area contributed by atoms with E-state index < -0.39 is 17.5 Å². The Kier molecular flexibility index (Phi) is 4.49. The molecule has 0 atom stereocenters. The van der Waals surface area contributed by atoms with Gasteiger partial charge in [-0.05, 0) is 13.8 Å². The average molecular weight is 228 g/mol. The Morgan fingerprint density at radius 2 is 1.69 bits per heavy atom. The second-order valence-electron chi connectivity index (χ2n) is 4.07. The number of carbonyl (C=O) groups is 2. The fraction of sp³-hybridized carbons (Fsp3) is 0.636. The number of hydrogen-bond donors (Lipinski definition) is 0. The molecule has 0 amide bonds. The molecule has 16 heavy (non-hydrogen) atoms. The molecule has 5 heteroatoms. The molecule has 1 heterocycles. The first-order valence-electron chi connectivity index (χ1n) is 5.15. The largest absolute Gasteiger partial charge is 0.462 e. The van der Waals surface area contributed by atoms with E-state index in [1.165, 1.54) is 0 Å². The smallest absolute Gasteiger partial charge is 0.331 e. The van der Waals surface area contributed by atoms with Crippen molar-refractivity contribution in [3.8, 4) is 0 Å². The normalized spacial score (nSPS) is 24.6. The van der Waals surface area contributed by atoms with Gasteiger partial charge in [0, 0.05) is 18.6 Å². The lowest BCUT2D eigenvalue weighted by molar-refractivity contribution is -0.150. The minimum atomic E-state index is -0.575. The van der Waals surface area contributed by atoms with Crippen LogP contribution in [0.15, 0.2) is 12.2 Å². The summed E-state index contributed by atoms with van der Waals surface area (Å²) in [5.41, 5.74) is -0.521. The summed E-state index contributed by atoms with van der Waals surface area (Å²) in [5, 5.41) is 0. The molecule has 0 aromatic carbocycles.